The number of alkyl carbamates (subject to hydrolysis) is 1. The summed E-state index contributed by atoms with van der Waals surface area (Å²) < 4.78 is 35.4. The zero-order chi connectivity index (χ0) is 53.2. The van der Waals surface area contributed by atoms with Crippen LogP contribution in [0.15, 0.2) is 60.3 Å². The van der Waals surface area contributed by atoms with Gasteiger partial charge in [0.05, 0.1) is 69.2 Å². The first-order chi connectivity index (χ1) is 34.9. The molecule has 1 unspecified atom stereocenters. The highest BCUT2D eigenvalue weighted by atomic mass is 35.5. The number of aryl methyl sites for hydroxylation is 2. The standard InChI is InChI=1S/C52H75ClN8O12/c1-10-40(72-50(65)36(5)59(7)46(63)17-21-69-23-24-70-22-19-55-45(62)16-20-61-39(31-57-54-6)28-38-14-12-18-56-49(38)61)29-47(64)60(8)41-27-37(26-34(3)48(41)53)25-33(2)13-11-15-44(68-9)52(67)30-42(73-51(66)58-52)35(4)43-32-71-43/h11-15,18,26-28,35-36,40,42-44,54,57,67H,10,16-17,19-25,29-32H2,1-9H3,(H,55,62)(H,58,66)/b15-11+,33-13+/t35-,36+,40-,42+,43?,44-,52+/m1/s1. The molecule has 2 saturated heterocycles. The number of epoxide rings is 1. The smallest absolute Gasteiger partial charge is 0.409 e. The molecular weight excluding hydrogens is 964 g/mol. The largest absolute Gasteiger partial charge is 0.460 e. The van der Waals surface area contributed by atoms with Crippen LogP contribution in [0.3, 0.4) is 0 Å². The van der Waals surface area contributed by atoms with Gasteiger partial charge in [-0.15, -0.1) is 0 Å². The Morgan fingerprint density at radius 1 is 1.08 bits per heavy atom. The number of likely N-dealkylation sites (N-methyl/N-ethyl adjacent to an activating group) is 1. The number of pyridine rings is 1. The molecule has 21 heteroatoms. The molecule has 5 rings (SSSR count). The minimum absolute atomic E-state index is 0.00862. The van der Waals surface area contributed by atoms with Crippen molar-refractivity contribution < 1.29 is 57.5 Å². The third kappa shape index (κ3) is 17.0. The van der Waals surface area contributed by atoms with Gasteiger partial charge in [-0.2, -0.15) is 0 Å². The third-order valence-corrected chi connectivity index (χ3v) is 13.6. The zero-order valence-electron chi connectivity index (χ0n) is 43.7. The molecule has 73 heavy (non-hydrogen) atoms. The topological polar surface area (TPSA) is 237 Å². The highest BCUT2D eigenvalue weighted by Gasteiger charge is 2.49. The van der Waals surface area contributed by atoms with E-state index in [1.807, 2.05) is 62.6 Å². The lowest BCUT2D eigenvalue weighted by Gasteiger charge is -2.41. The van der Waals surface area contributed by atoms with Crippen molar-refractivity contribution in [3.05, 3.63) is 82.2 Å². The van der Waals surface area contributed by atoms with E-state index in [2.05, 4.69) is 32.5 Å². The van der Waals surface area contributed by atoms with Gasteiger partial charge in [0, 0.05) is 70.3 Å². The van der Waals surface area contributed by atoms with E-state index in [0.29, 0.717) is 56.4 Å². The van der Waals surface area contributed by atoms with Gasteiger partial charge >= 0.3 is 12.1 Å². The number of nitrogens with one attached hydrogen (secondary N) is 4. The van der Waals surface area contributed by atoms with E-state index in [9.17, 15) is 29.1 Å². The average Bonchev–Trinajstić information content (AvgIpc) is 4.16. The number of ether oxygens (including phenoxy) is 6. The summed E-state index contributed by atoms with van der Waals surface area (Å²) in [5, 5.41) is 18.3. The molecule has 402 valence electrons. The van der Waals surface area contributed by atoms with Gasteiger partial charge in [0.25, 0.3) is 0 Å². The first kappa shape index (κ1) is 58.4. The number of nitrogens with zero attached hydrogens (tertiary/aromatic N) is 4. The Hall–Kier alpha value is -5.45. The van der Waals surface area contributed by atoms with Gasteiger partial charge in [-0.3, -0.25) is 30.6 Å². The van der Waals surface area contributed by atoms with E-state index in [4.69, 9.17) is 40.0 Å². The number of benzene rings is 1. The molecule has 1 aromatic carbocycles. The molecule has 2 aliphatic heterocycles. The number of rotatable bonds is 30. The molecule has 4 heterocycles. The number of esters is 1. The number of fused-ring (bicyclic) bond motifs is 1. The van der Waals surface area contributed by atoms with Crippen LogP contribution in [0.1, 0.15) is 76.6 Å². The van der Waals surface area contributed by atoms with Crippen molar-refractivity contribution in [2.24, 2.45) is 5.92 Å². The second-order valence-electron chi connectivity index (χ2n) is 18.6. The highest BCUT2D eigenvalue weighted by Crippen LogP contribution is 2.34. The number of allylic oxidation sites excluding steroid dienone is 3. The number of carbonyl (C=O) groups excluding carboxylic acids is 5. The number of hydrogen-bond acceptors (Lipinski definition) is 15. The Bertz CT molecular complexity index is 2410. The van der Waals surface area contributed by atoms with E-state index in [0.717, 1.165) is 33.4 Å². The Kier molecular flexibility index (Phi) is 22.6. The van der Waals surface area contributed by atoms with E-state index >= 15 is 0 Å². The van der Waals surface area contributed by atoms with Crippen LogP contribution in [0.2, 0.25) is 5.02 Å². The first-order valence-corrected chi connectivity index (χ1v) is 25.2. The van der Waals surface area contributed by atoms with Gasteiger partial charge in [-0.05, 0) is 76.1 Å². The number of amides is 4. The molecule has 0 bridgehead atoms. The minimum atomic E-state index is -1.69. The van der Waals surface area contributed by atoms with Crippen LogP contribution in [0, 0.1) is 12.8 Å². The van der Waals surface area contributed by atoms with E-state index < -0.39 is 42.1 Å². The summed E-state index contributed by atoms with van der Waals surface area (Å²) in [7, 11) is 6.40. The number of aromatic nitrogens is 2. The Labute approximate surface area is 433 Å². The lowest BCUT2D eigenvalue weighted by Crippen LogP contribution is -2.63. The molecule has 0 radical (unpaired) electrons. The van der Waals surface area contributed by atoms with Crippen molar-refractivity contribution in [2.45, 2.75) is 122 Å². The normalized spacial score (nSPS) is 19.4. The molecule has 0 saturated carbocycles. The maximum Gasteiger partial charge on any atom is 0.409 e. The fourth-order valence-electron chi connectivity index (χ4n) is 8.44. The lowest BCUT2D eigenvalue weighted by molar-refractivity contribution is -0.159. The van der Waals surface area contributed by atoms with Crippen molar-refractivity contribution in [2.75, 3.05) is 72.7 Å². The van der Waals surface area contributed by atoms with E-state index in [1.54, 1.807) is 39.4 Å². The molecule has 5 N–H and O–H groups in total. The number of hydrazine groups is 1. The third-order valence-electron chi connectivity index (χ3n) is 13.1. The molecule has 0 spiro atoms. The van der Waals surface area contributed by atoms with Crippen molar-refractivity contribution in [3.63, 3.8) is 0 Å². The van der Waals surface area contributed by atoms with Crippen LogP contribution in [-0.2, 0) is 67.1 Å². The monoisotopic (exact) mass is 1040 g/mol. The van der Waals surface area contributed by atoms with Crippen LogP contribution in [-0.4, -0.2) is 153 Å². The van der Waals surface area contributed by atoms with Crippen molar-refractivity contribution in [3.8, 4) is 0 Å². The molecule has 4 amide bonds. The molecule has 3 aromatic rings. The number of hydrogen-bond donors (Lipinski definition) is 5. The maximum atomic E-state index is 13.7. The number of carbonyl (C=O) groups is 5. The molecule has 2 aliphatic rings. The second-order valence-corrected chi connectivity index (χ2v) is 19.0. The van der Waals surface area contributed by atoms with E-state index in [-0.39, 0.29) is 75.2 Å². The van der Waals surface area contributed by atoms with Crippen LogP contribution >= 0.6 is 11.6 Å². The van der Waals surface area contributed by atoms with Gasteiger partial charge in [-0.25, -0.2) is 14.6 Å². The van der Waals surface area contributed by atoms with Gasteiger partial charge in [-0.1, -0.05) is 55.3 Å². The number of methoxy groups -OCH3 is 1. The van der Waals surface area contributed by atoms with Crippen LogP contribution in [0.5, 0.6) is 0 Å². The summed E-state index contributed by atoms with van der Waals surface area (Å²) in [4.78, 5) is 72.1. The van der Waals surface area contributed by atoms with Crippen LogP contribution in [0.25, 0.3) is 11.0 Å². The molecule has 20 nitrogen and oxygen atoms in total. The zero-order valence-corrected chi connectivity index (χ0v) is 44.4. The summed E-state index contributed by atoms with van der Waals surface area (Å²) in [6.07, 6.45) is 5.38. The summed E-state index contributed by atoms with van der Waals surface area (Å²) in [5.41, 5.74) is 9.28. The van der Waals surface area contributed by atoms with Gasteiger partial charge in [0.1, 0.15) is 30.0 Å². The van der Waals surface area contributed by atoms with Crippen LogP contribution < -0.4 is 26.4 Å². The molecule has 2 aromatic heterocycles. The second kappa shape index (κ2) is 28.3. The summed E-state index contributed by atoms with van der Waals surface area (Å²) in [5.74, 6) is -1.46. The lowest BCUT2D eigenvalue weighted by atomic mass is 9.89. The van der Waals surface area contributed by atoms with Gasteiger partial charge in [0.2, 0.25) is 17.7 Å². The summed E-state index contributed by atoms with van der Waals surface area (Å²) in [6.45, 7) is 12.0. The van der Waals surface area contributed by atoms with Crippen molar-refractivity contribution >= 4 is 58.1 Å². The number of anilines is 1. The van der Waals surface area contributed by atoms with Crippen LogP contribution in [0.4, 0.5) is 10.5 Å². The molecular formula is C52H75ClN8O12. The first-order valence-electron chi connectivity index (χ1n) is 24.9. The fourth-order valence-corrected chi connectivity index (χ4v) is 8.67. The average molecular weight is 1040 g/mol. The SMILES string of the molecule is CC[C@H](CC(=O)N(C)c1cc(C/C(C)=C/C=C/[C@@H](OC)[C@@]2(O)C[C@@H]([C@@H](C)C3CO3)OC(=O)N2)cc(C)c1Cl)OC(=O)[C@H](C)N(C)C(=O)CCOCCOCCNC(=O)CCn1c(CNNC)cc2cccnc21. The van der Waals surface area contributed by atoms with Crippen molar-refractivity contribution in [1.82, 2.24) is 35.9 Å². The Morgan fingerprint density at radius 2 is 1.82 bits per heavy atom. The quantitative estimate of drug-likeness (QED) is 0.0201. The number of halogens is 1. The summed E-state index contributed by atoms with van der Waals surface area (Å²) >= 11 is 6.76. The predicted molar refractivity (Wildman–Crippen MR) is 275 cm³/mol. The number of cyclic esters (lactones) is 1. The molecule has 2 fully saturated rings. The molecule has 0 aliphatic carbocycles. The van der Waals surface area contributed by atoms with Gasteiger partial charge < -0.3 is 53.2 Å². The fraction of sp³-hybridized carbons (Fsp3) is 0.577. The molecule has 7 atom stereocenters. The predicted octanol–water partition coefficient (Wildman–Crippen LogP) is 4.66. The number of aliphatic hydroxyl groups is 1. The van der Waals surface area contributed by atoms with Crippen molar-refractivity contribution in [1.29, 1.82) is 0 Å². The Morgan fingerprint density at radius 3 is 2.52 bits per heavy atom. The highest BCUT2D eigenvalue weighted by molar-refractivity contribution is 6.34. The van der Waals surface area contributed by atoms with Gasteiger partial charge in [0.15, 0.2) is 5.72 Å². The minimum Gasteiger partial charge on any atom is -0.460 e. The summed E-state index contributed by atoms with van der Waals surface area (Å²) in [6, 6.07) is 8.81. The van der Waals surface area contributed by atoms with E-state index in [1.165, 1.54) is 24.0 Å². The maximum absolute atomic E-state index is 13.7. The Balaban J connectivity index is 0.997.